The van der Waals surface area contributed by atoms with Crippen LogP contribution in [-0.2, 0) is 20.8 Å². The number of unbranched alkanes of at least 4 members (excludes halogenated alkanes) is 1. The average Bonchev–Trinajstić information content (AvgIpc) is 2.98. The zero-order valence-electron chi connectivity index (χ0n) is 24.3. The maximum Gasteiger partial charge on any atom is 0.258 e. The number of hydrogen-bond donors (Lipinski definition) is 4. The van der Waals surface area contributed by atoms with E-state index in [4.69, 9.17) is 4.74 Å². The molecule has 0 aliphatic heterocycles. The number of aliphatic hydroxyl groups is 1. The van der Waals surface area contributed by atoms with Gasteiger partial charge in [0.1, 0.15) is 11.8 Å². The van der Waals surface area contributed by atoms with Crippen LogP contribution in [-0.4, -0.2) is 54.2 Å². The van der Waals surface area contributed by atoms with Crippen LogP contribution in [0.2, 0.25) is 0 Å². The Labute approximate surface area is 242 Å². The zero-order chi connectivity index (χ0) is 29.6. The molecule has 0 saturated heterocycles. The first-order chi connectivity index (χ1) is 19.8. The van der Waals surface area contributed by atoms with Crippen molar-refractivity contribution in [3.05, 3.63) is 78.4 Å². The molecule has 0 radical (unpaired) electrons. The number of ether oxygens (including phenoxy) is 1. The molecule has 41 heavy (non-hydrogen) atoms. The predicted molar refractivity (Wildman–Crippen MR) is 161 cm³/mol. The van der Waals surface area contributed by atoms with Gasteiger partial charge in [-0.05, 0) is 47.2 Å². The summed E-state index contributed by atoms with van der Waals surface area (Å²) in [7, 11) is 0. The number of carbonyl (C=O) groups excluding carboxylic acids is 3. The van der Waals surface area contributed by atoms with E-state index in [0.717, 1.165) is 29.2 Å². The number of hydrogen-bond acceptors (Lipinski definition) is 5. The fourth-order valence-electron chi connectivity index (χ4n) is 4.56. The van der Waals surface area contributed by atoms with Crippen molar-refractivity contribution in [2.45, 2.75) is 71.1 Å². The Morgan fingerprint density at radius 2 is 1.59 bits per heavy atom. The summed E-state index contributed by atoms with van der Waals surface area (Å²) in [5.74, 6) is -0.715. The molecule has 8 heteroatoms. The van der Waals surface area contributed by atoms with E-state index < -0.39 is 30.0 Å². The largest absolute Gasteiger partial charge is 0.484 e. The molecule has 4 N–H and O–H groups in total. The SMILES string of the molecule is CCCCNC(=O)C[C@H](O)[C@H](Cc1ccccc1)NC(=O)[C@@H](NC(=O)COc1ccc2ccccc2c1)C(C)CC. The van der Waals surface area contributed by atoms with Gasteiger partial charge in [-0.3, -0.25) is 14.4 Å². The zero-order valence-corrected chi connectivity index (χ0v) is 24.3. The number of aliphatic hydroxyl groups excluding tert-OH is 1. The lowest BCUT2D eigenvalue weighted by Crippen LogP contribution is -2.56. The van der Waals surface area contributed by atoms with Crippen molar-refractivity contribution in [3.63, 3.8) is 0 Å². The quantitative estimate of drug-likeness (QED) is 0.196. The third-order valence-electron chi connectivity index (χ3n) is 7.24. The van der Waals surface area contributed by atoms with Gasteiger partial charge in [0.25, 0.3) is 5.91 Å². The summed E-state index contributed by atoms with van der Waals surface area (Å²) in [4.78, 5) is 38.8. The van der Waals surface area contributed by atoms with Crippen LogP contribution in [0.25, 0.3) is 10.8 Å². The summed E-state index contributed by atoms with van der Waals surface area (Å²) >= 11 is 0. The lowest BCUT2D eigenvalue weighted by atomic mass is 9.95. The summed E-state index contributed by atoms with van der Waals surface area (Å²) in [5, 5.41) is 21.7. The van der Waals surface area contributed by atoms with Crippen molar-refractivity contribution in [2.75, 3.05) is 13.2 Å². The third-order valence-corrected chi connectivity index (χ3v) is 7.24. The van der Waals surface area contributed by atoms with Gasteiger partial charge in [-0.25, -0.2) is 0 Å². The Balaban J connectivity index is 1.66. The van der Waals surface area contributed by atoms with Gasteiger partial charge in [-0.15, -0.1) is 0 Å². The minimum absolute atomic E-state index is 0.137. The smallest absolute Gasteiger partial charge is 0.258 e. The second-order valence-electron chi connectivity index (χ2n) is 10.5. The van der Waals surface area contributed by atoms with Crippen molar-refractivity contribution in [3.8, 4) is 5.75 Å². The number of benzene rings is 3. The van der Waals surface area contributed by atoms with Gasteiger partial charge in [0.2, 0.25) is 11.8 Å². The molecule has 0 aliphatic rings. The van der Waals surface area contributed by atoms with E-state index >= 15 is 0 Å². The molecule has 0 saturated carbocycles. The Morgan fingerprint density at radius 3 is 2.29 bits per heavy atom. The van der Waals surface area contributed by atoms with Crippen LogP contribution in [0.3, 0.4) is 0 Å². The average molecular weight is 562 g/mol. The lowest BCUT2D eigenvalue weighted by Gasteiger charge is -2.29. The van der Waals surface area contributed by atoms with Gasteiger partial charge in [0.05, 0.1) is 18.6 Å². The van der Waals surface area contributed by atoms with Gasteiger partial charge in [-0.1, -0.05) is 94.3 Å². The summed E-state index contributed by atoms with van der Waals surface area (Å²) < 4.78 is 5.72. The molecule has 0 spiro atoms. The fourth-order valence-corrected chi connectivity index (χ4v) is 4.56. The van der Waals surface area contributed by atoms with Crippen LogP contribution in [0.4, 0.5) is 0 Å². The van der Waals surface area contributed by atoms with Crippen LogP contribution in [0.5, 0.6) is 5.75 Å². The minimum Gasteiger partial charge on any atom is -0.484 e. The number of rotatable bonds is 16. The van der Waals surface area contributed by atoms with Crippen LogP contribution in [0.1, 0.15) is 52.0 Å². The summed E-state index contributed by atoms with van der Waals surface area (Å²) in [5.41, 5.74) is 0.913. The van der Waals surface area contributed by atoms with Crippen LogP contribution < -0.4 is 20.7 Å². The van der Waals surface area contributed by atoms with Crippen molar-refractivity contribution >= 4 is 28.5 Å². The molecule has 3 aromatic rings. The molecule has 0 aliphatic carbocycles. The Hall–Kier alpha value is -3.91. The van der Waals surface area contributed by atoms with Crippen LogP contribution in [0.15, 0.2) is 72.8 Å². The third kappa shape index (κ3) is 10.2. The van der Waals surface area contributed by atoms with Gasteiger partial charge in [0.15, 0.2) is 6.61 Å². The Bertz CT molecular complexity index is 1270. The number of amides is 3. The molecule has 220 valence electrons. The van der Waals surface area contributed by atoms with Crippen molar-refractivity contribution in [2.24, 2.45) is 5.92 Å². The normalized spacial score (nSPS) is 14.0. The number of carbonyl (C=O) groups is 3. The molecule has 3 aromatic carbocycles. The molecular formula is C33H43N3O5. The van der Waals surface area contributed by atoms with Crippen LogP contribution >= 0.6 is 0 Å². The monoisotopic (exact) mass is 561 g/mol. The van der Waals surface area contributed by atoms with E-state index in [1.165, 1.54) is 0 Å². The molecular weight excluding hydrogens is 518 g/mol. The fraction of sp³-hybridized carbons (Fsp3) is 0.424. The first-order valence-electron chi connectivity index (χ1n) is 14.5. The Morgan fingerprint density at radius 1 is 0.878 bits per heavy atom. The van der Waals surface area contributed by atoms with Gasteiger partial charge in [-0.2, -0.15) is 0 Å². The summed E-state index contributed by atoms with van der Waals surface area (Å²) in [6.07, 6.45) is 1.54. The minimum atomic E-state index is -1.11. The highest BCUT2D eigenvalue weighted by molar-refractivity contribution is 5.89. The van der Waals surface area contributed by atoms with Gasteiger partial charge >= 0.3 is 0 Å². The lowest BCUT2D eigenvalue weighted by molar-refractivity contribution is -0.132. The van der Waals surface area contributed by atoms with Crippen molar-refractivity contribution in [1.29, 1.82) is 0 Å². The highest BCUT2D eigenvalue weighted by Gasteiger charge is 2.31. The molecule has 8 nitrogen and oxygen atoms in total. The molecule has 0 heterocycles. The van der Waals surface area contributed by atoms with E-state index in [0.29, 0.717) is 25.1 Å². The molecule has 1 unspecified atom stereocenters. The second-order valence-corrected chi connectivity index (χ2v) is 10.5. The molecule has 3 amide bonds. The van der Waals surface area contributed by atoms with E-state index in [2.05, 4.69) is 16.0 Å². The topological polar surface area (TPSA) is 117 Å². The highest BCUT2D eigenvalue weighted by atomic mass is 16.5. The van der Waals surface area contributed by atoms with E-state index in [1.54, 1.807) is 0 Å². The number of fused-ring (bicyclic) bond motifs is 1. The molecule has 3 rings (SSSR count). The molecule has 0 bridgehead atoms. The van der Waals surface area contributed by atoms with E-state index in [-0.39, 0.29) is 24.9 Å². The molecule has 0 fully saturated rings. The van der Waals surface area contributed by atoms with E-state index in [1.807, 2.05) is 93.6 Å². The van der Waals surface area contributed by atoms with E-state index in [9.17, 15) is 19.5 Å². The Kier molecular flexibility index (Phi) is 12.6. The predicted octanol–water partition coefficient (Wildman–Crippen LogP) is 4.14. The maximum absolute atomic E-state index is 13.5. The molecule has 0 aromatic heterocycles. The first-order valence-corrected chi connectivity index (χ1v) is 14.5. The number of nitrogens with one attached hydrogen (secondary N) is 3. The summed E-state index contributed by atoms with van der Waals surface area (Å²) in [6, 6.07) is 21.4. The standard InChI is InChI=1S/C33H43N3O5/c1-4-6-18-34-30(38)21-29(37)28(19-24-12-8-7-9-13-24)35-33(40)32(23(3)5-2)36-31(39)22-41-27-17-16-25-14-10-11-15-26(25)20-27/h7-17,20,23,28-29,32,37H,4-6,18-19,21-22H2,1-3H3,(H,34,38)(H,35,40)(H,36,39)/t23?,28-,29-,32-/m0/s1. The van der Waals surface area contributed by atoms with Crippen LogP contribution in [0, 0.1) is 5.92 Å². The highest BCUT2D eigenvalue weighted by Crippen LogP contribution is 2.20. The summed E-state index contributed by atoms with van der Waals surface area (Å²) in [6.45, 7) is 6.17. The van der Waals surface area contributed by atoms with Crippen molar-refractivity contribution < 1.29 is 24.2 Å². The molecule has 4 atom stereocenters. The first kappa shape index (κ1) is 31.6. The maximum atomic E-state index is 13.5. The second kappa shape index (κ2) is 16.4. The van der Waals surface area contributed by atoms with Gasteiger partial charge in [0, 0.05) is 6.54 Å². The van der Waals surface area contributed by atoms with Crippen molar-refractivity contribution in [1.82, 2.24) is 16.0 Å². The van der Waals surface area contributed by atoms with Gasteiger partial charge < -0.3 is 25.8 Å².